The molecule has 0 atom stereocenters. The van der Waals surface area contributed by atoms with Gasteiger partial charge in [0.1, 0.15) is 6.54 Å². The standard InChI is InChI=1S/C23H38NO2/c1-3-5-7-8-9-10-11-12-13-21-19-25-23(26-20-21)22-14-17-24(18-15-22)16-6-4-2/h3,14-15,17-18,21,23H,1,4-13,16,19-20H2,2H3/q+1. The quantitative estimate of drug-likeness (QED) is 0.254. The van der Waals surface area contributed by atoms with Crippen LogP contribution in [0.5, 0.6) is 0 Å². The maximum atomic E-state index is 5.98. The average molecular weight is 361 g/mol. The van der Waals surface area contributed by atoms with Crippen molar-refractivity contribution >= 4 is 0 Å². The molecule has 1 saturated heterocycles. The zero-order valence-corrected chi connectivity index (χ0v) is 16.7. The number of rotatable bonds is 13. The molecule has 26 heavy (non-hydrogen) atoms. The van der Waals surface area contributed by atoms with E-state index in [2.05, 4.69) is 42.6 Å². The number of hydrogen-bond donors (Lipinski definition) is 0. The van der Waals surface area contributed by atoms with Crippen molar-refractivity contribution < 1.29 is 14.0 Å². The Kier molecular flexibility index (Phi) is 10.6. The summed E-state index contributed by atoms with van der Waals surface area (Å²) in [7, 11) is 0. The van der Waals surface area contributed by atoms with Crippen molar-refractivity contribution in [3.8, 4) is 0 Å². The summed E-state index contributed by atoms with van der Waals surface area (Å²) in [5.41, 5.74) is 1.13. The van der Waals surface area contributed by atoms with Gasteiger partial charge in [0.2, 0.25) is 0 Å². The number of allylic oxidation sites excluding steroid dienone is 1. The lowest BCUT2D eigenvalue weighted by Crippen LogP contribution is -2.33. The fourth-order valence-corrected chi connectivity index (χ4v) is 3.45. The van der Waals surface area contributed by atoms with E-state index < -0.39 is 0 Å². The molecular weight excluding hydrogens is 322 g/mol. The highest BCUT2D eigenvalue weighted by molar-refractivity contribution is 5.09. The minimum atomic E-state index is -0.183. The number of hydrogen-bond acceptors (Lipinski definition) is 2. The first-order chi connectivity index (χ1) is 12.8. The van der Waals surface area contributed by atoms with E-state index in [9.17, 15) is 0 Å². The van der Waals surface area contributed by atoms with E-state index in [-0.39, 0.29) is 6.29 Å². The van der Waals surface area contributed by atoms with Gasteiger partial charge in [-0.05, 0) is 19.3 Å². The van der Waals surface area contributed by atoms with Crippen LogP contribution in [0.4, 0.5) is 0 Å². The minimum absolute atomic E-state index is 0.183. The van der Waals surface area contributed by atoms with Crippen molar-refractivity contribution in [3.05, 3.63) is 42.7 Å². The molecule has 1 aromatic rings. The predicted octanol–water partition coefficient (Wildman–Crippen LogP) is 5.74. The summed E-state index contributed by atoms with van der Waals surface area (Å²) in [6.45, 7) is 8.73. The molecule has 1 aromatic heterocycles. The van der Waals surface area contributed by atoms with Gasteiger partial charge >= 0.3 is 0 Å². The Morgan fingerprint density at radius 3 is 2.31 bits per heavy atom. The third-order valence-electron chi connectivity index (χ3n) is 5.20. The lowest BCUT2D eigenvalue weighted by Gasteiger charge is -2.29. The largest absolute Gasteiger partial charge is 0.348 e. The van der Waals surface area contributed by atoms with Crippen LogP contribution in [-0.2, 0) is 16.0 Å². The molecule has 1 aliphatic heterocycles. The average Bonchev–Trinajstić information content (AvgIpc) is 2.69. The van der Waals surface area contributed by atoms with Gasteiger partial charge in [-0.3, -0.25) is 0 Å². The molecule has 3 heteroatoms. The Morgan fingerprint density at radius 1 is 1.00 bits per heavy atom. The number of pyridine rings is 1. The van der Waals surface area contributed by atoms with Crippen LogP contribution >= 0.6 is 0 Å². The van der Waals surface area contributed by atoms with E-state index in [1.54, 1.807) is 0 Å². The molecule has 3 nitrogen and oxygen atoms in total. The molecule has 0 aliphatic carbocycles. The Bertz CT molecular complexity index is 477. The molecule has 0 aromatic carbocycles. The van der Waals surface area contributed by atoms with Crippen molar-refractivity contribution in [2.45, 2.75) is 84.0 Å². The molecule has 0 N–H and O–H groups in total. The van der Waals surface area contributed by atoms with Crippen LogP contribution in [-0.4, -0.2) is 13.2 Å². The van der Waals surface area contributed by atoms with E-state index in [1.807, 2.05) is 6.08 Å². The molecule has 146 valence electrons. The molecule has 0 saturated carbocycles. The van der Waals surface area contributed by atoms with Crippen molar-refractivity contribution in [3.63, 3.8) is 0 Å². The molecule has 0 bridgehead atoms. The van der Waals surface area contributed by atoms with Crippen LogP contribution < -0.4 is 4.57 Å². The Balaban J connectivity index is 1.56. The van der Waals surface area contributed by atoms with Gasteiger partial charge < -0.3 is 9.47 Å². The number of nitrogens with zero attached hydrogens (tertiary/aromatic N) is 1. The second-order valence-corrected chi connectivity index (χ2v) is 7.57. The number of unbranched alkanes of at least 4 members (excludes halogenated alkanes) is 7. The molecule has 0 unspecified atom stereocenters. The van der Waals surface area contributed by atoms with Gasteiger partial charge in [0.15, 0.2) is 18.7 Å². The van der Waals surface area contributed by atoms with E-state index >= 15 is 0 Å². The Hall–Kier alpha value is -1.19. The van der Waals surface area contributed by atoms with Crippen LogP contribution in [0.1, 0.15) is 83.0 Å². The maximum absolute atomic E-state index is 5.98. The van der Waals surface area contributed by atoms with Gasteiger partial charge in [0, 0.05) is 30.0 Å². The highest BCUT2D eigenvalue weighted by atomic mass is 16.7. The highest BCUT2D eigenvalue weighted by Crippen LogP contribution is 2.26. The first-order valence-electron chi connectivity index (χ1n) is 10.7. The number of aryl methyl sites for hydroxylation is 1. The first-order valence-corrected chi connectivity index (χ1v) is 10.7. The zero-order chi connectivity index (χ0) is 18.5. The van der Waals surface area contributed by atoms with Gasteiger partial charge in [-0.25, -0.2) is 4.57 Å². The summed E-state index contributed by atoms with van der Waals surface area (Å²) in [6, 6.07) is 4.26. The normalized spacial score (nSPS) is 20.2. The molecule has 0 amide bonds. The predicted molar refractivity (Wildman–Crippen MR) is 107 cm³/mol. The van der Waals surface area contributed by atoms with Crippen molar-refractivity contribution in [2.75, 3.05) is 13.2 Å². The second kappa shape index (κ2) is 13.1. The van der Waals surface area contributed by atoms with E-state index in [0.29, 0.717) is 5.92 Å². The van der Waals surface area contributed by atoms with Crippen molar-refractivity contribution in [2.24, 2.45) is 5.92 Å². The maximum Gasteiger partial charge on any atom is 0.184 e. The summed E-state index contributed by atoms with van der Waals surface area (Å²) in [4.78, 5) is 0. The van der Waals surface area contributed by atoms with Crippen LogP contribution in [0, 0.1) is 5.92 Å². The van der Waals surface area contributed by atoms with Gasteiger partial charge in [0.05, 0.1) is 13.2 Å². The minimum Gasteiger partial charge on any atom is -0.348 e. The second-order valence-electron chi connectivity index (χ2n) is 7.57. The van der Waals surface area contributed by atoms with Crippen LogP contribution in [0.15, 0.2) is 37.2 Å². The van der Waals surface area contributed by atoms with Crippen molar-refractivity contribution in [1.29, 1.82) is 0 Å². The summed E-state index contributed by atoms with van der Waals surface area (Å²) in [6.07, 6.45) is 18.9. The molecule has 0 spiro atoms. The fourth-order valence-electron chi connectivity index (χ4n) is 3.45. The van der Waals surface area contributed by atoms with Gasteiger partial charge in [-0.1, -0.05) is 51.5 Å². The summed E-state index contributed by atoms with van der Waals surface area (Å²) < 4.78 is 14.2. The van der Waals surface area contributed by atoms with Crippen LogP contribution in [0.3, 0.4) is 0 Å². The summed E-state index contributed by atoms with van der Waals surface area (Å²) in [5, 5.41) is 0. The van der Waals surface area contributed by atoms with E-state index in [1.165, 1.54) is 57.8 Å². The zero-order valence-electron chi connectivity index (χ0n) is 16.7. The molecule has 0 radical (unpaired) electrons. The lowest BCUT2D eigenvalue weighted by atomic mass is 10.0. The molecule has 2 heterocycles. The molecule has 2 rings (SSSR count). The van der Waals surface area contributed by atoms with E-state index in [0.717, 1.165) is 31.7 Å². The van der Waals surface area contributed by atoms with Crippen LogP contribution in [0.25, 0.3) is 0 Å². The fraction of sp³-hybridized carbons (Fsp3) is 0.696. The molecular formula is C23H38NO2+. The number of aromatic nitrogens is 1. The third-order valence-corrected chi connectivity index (χ3v) is 5.20. The van der Waals surface area contributed by atoms with E-state index in [4.69, 9.17) is 9.47 Å². The number of ether oxygens (including phenoxy) is 2. The molecule has 1 aliphatic rings. The molecule has 1 fully saturated rings. The Morgan fingerprint density at radius 2 is 1.65 bits per heavy atom. The van der Waals surface area contributed by atoms with Crippen LogP contribution in [0.2, 0.25) is 0 Å². The summed E-state index contributed by atoms with van der Waals surface area (Å²) in [5.74, 6) is 0.560. The first kappa shape index (κ1) is 21.1. The van der Waals surface area contributed by atoms with Gasteiger partial charge in [-0.2, -0.15) is 0 Å². The summed E-state index contributed by atoms with van der Waals surface area (Å²) >= 11 is 0. The van der Waals surface area contributed by atoms with Crippen molar-refractivity contribution in [1.82, 2.24) is 0 Å². The van der Waals surface area contributed by atoms with Gasteiger partial charge in [0.25, 0.3) is 0 Å². The highest BCUT2D eigenvalue weighted by Gasteiger charge is 2.23. The van der Waals surface area contributed by atoms with Gasteiger partial charge in [-0.15, -0.1) is 6.58 Å². The smallest absolute Gasteiger partial charge is 0.184 e. The SMILES string of the molecule is C=CCCCCCCCCC1COC(c2cc[n+](CCCC)cc2)OC1. The topological polar surface area (TPSA) is 22.3 Å². The Labute approximate surface area is 160 Å². The monoisotopic (exact) mass is 360 g/mol. The lowest BCUT2D eigenvalue weighted by molar-refractivity contribution is -0.697. The third kappa shape index (κ3) is 8.01.